The molecule has 0 spiro atoms. The van der Waals surface area contributed by atoms with Crippen molar-refractivity contribution in [2.45, 2.75) is 38.3 Å². The van der Waals surface area contributed by atoms with Gasteiger partial charge in [0.2, 0.25) is 8.03 Å². The SMILES string of the molecule is O=[PH](C=CC1CCCCC1)OCC(F)(F)F. The number of rotatable bonds is 4. The Bertz CT molecular complexity index is 257. The fraction of sp³-hybridized carbons (Fsp3) is 0.800. The highest BCUT2D eigenvalue weighted by Gasteiger charge is 2.28. The summed E-state index contributed by atoms with van der Waals surface area (Å²) in [7, 11) is -2.67. The molecular formula is C10H16F3O2P. The molecule has 1 saturated carbocycles. The summed E-state index contributed by atoms with van der Waals surface area (Å²) in [6, 6.07) is 0. The van der Waals surface area contributed by atoms with Crippen LogP contribution in [0.15, 0.2) is 11.9 Å². The zero-order valence-electron chi connectivity index (χ0n) is 8.93. The molecule has 0 radical (unpaired) electrons. The van der Waals surface area contributed by atoms with E-state index in [0.29, 0.717) is 5.92 Å². The predicted molar refractivity (Wildman–Crippen MR) is 56.7 cm³/mol. The molecule has 1 fully saturated rings. The molecule has 1 atom stereocenters. The summed E-state index contributed by atoms with van der Waals surface area (Å²) in [4.78, 5) is 0. The van der Waals surface area contributed by atoms with Gasteiger partial charge in [-0.2, -0.15) is 13.2 Å². The Morgan fingerprint density at radius 3 is 2.44 bits per heavy atom. The highest BCUT2D eigenvalue weighted by Crippen LogP contribution is 2.31. The first-order valence-corrected chi connectivity index (χ1v) is 6.78. The van der Waals surface area contributed by atoms with Gasteiger partial charge in [-0.15, -0.1) is 0 Å². The third-order valence-electron chi connectivity index (χ3n) is 2.53. The largest absolute Gasteiger partial charge is 0.412 e. The molecule has 1 aliphatic carbocycles. The van der Waals surface area contributed by atoms with E-state index in [1.54, 1.807) is 6.08 Å². The maximum Gasteiger partial charge on any atom is 0.412 e. The van der Waals surface area contributed by atoms with Crippen LogP contribution in [0.4, 0.5) is 13.2 Å². The van der Waals surface area contributed by atoms with Crippen LogP contribution in [0.3, 0.4) is 0 Å². The van der Waals surface area contributed by atoms with Crippen LogP contribution in [0.25, 0.3) is 0 Å². The Morgan fingerprint density at radius 2 is 1.88 bits per heavy atom. The van der Waals surface area contributed by atoms with E-state index in [1.807, 2.05) is 0 Å². The van der Waals surface area contributed by atoms with Gasteiger partial charge in [-0.25, -0.2) is 0 Å². The van der Waals surface area contributed by atoms with Crippen molar-refractivity contribution in [2.24, 2.45) is 5.92 Å². The Kier molecular flexibility index (Phi) is 5.56. The average Bonchev–Trinajstić information content (AvgIpc) is 2.24. The summed E-state index contributed by atoms with van der Waals surface area (Å²) in [5, 5.41) is 0. The number of hydrogen-bond acceptors (Lipinski definition) is 2. The number of hydrogen-bond donors (Lipinski definition) is 0. The van der Waals surface area contributed by atoms with Gasteiger partial charge in [-0.05, 0) is 24.6 Å². The van der Waals surface area contributed by atoms with E-state index in [1.165, 1.54) is 12.2 Å². The normalized spacial score (nSPS) is 21.4. The van der Waals surface area contributed by atoms with E-state index in [9.17, 15) is 17.7 Å². The summed E-state index contributed by atoms with van der Waals surface area (Å²) in [6.45, 7) is -1.43. The van der Waals surface area contributed by atoms with Gasteiger partial charge >= 0.3 is 6.18 Å². The maximum atomic E-state index is 11.7. The maximum absolute atomic E-state index is 11.7. The molecule has 1 aliphatic rings. The molecular weight excluding hydrogens is 240 g/mol. The average molecular weight is 256 g/mol. The minimum Gasteiger partial charge on any atom is -0.318 e. The quantitative estimate of drug-likeness (QED) is 0.707. The summed E-state index contributed by atoms with van der Waals surface area (Å²) in [5.41, 5.74) is 0. The molecule has 0 aromatic rings. The second kappa shape index (κ2) is 6.45. The minimum absolute atomic E-state index is 0.359. The van der Waals surface area contributed by atoms with Crippen molar-refractivity contribution in [2.75, 3.05) is 6.61 Å². The molecule has 0 heterocycles. The monoisotopic (exact) mass is 256 g/mol. The van der Waals surface area contributed by atoms with E-state index in [-0.39, 0.29) is 0 Å². The minimum atomic E-state index is -4.40. The Hall–Kier alpha value is -0.280. The van der Waals surface area contributed by atoms with Crippen LogP contribution in [-0.4, -0.2) is 12.8 Å². The van der Waals surface area contributed by atoms with Crippen molar-refractivity contribution in [3.05, 3.63) is 11.9 Å². The van der Waals surface area contributed by atoms with Crippen LogP contribution in [-0.2, 0) is 9.09 Å². The molecule has 0 aromatic carbocycles. The first-order chi connectivity index (χ1) is 7.47. The molecule has 0 saturated heterocycles. The van der Waals surface area contributed by atoms with Crippen molar-refractivity contribution in [3.8, 4) is 0 Å². The number of allylic oxidation sites excluding steroid dienone is 1. The van der Waals surface area contributed by atoms with Gasteiger partial charge in [0, 0.05) is 0 Å². The number of alkyl halides is 3. The number of halogens is 3. The van der Waals surface area contributed by atoms with Gasteiger partial charge in [0.15, 0.2) is 0 Å². The van der Waals surface area contributed by atoms with E-state index >= 15 is 0 Å². The zero-order valence-corrected chi connectivity index (χ0v) is 9.93. The molecule has 2 nitrogen and oxygen atoms in total. The third-order valence-corrected chi connectivity index (χ3v) is 3.43. The van der Waals surface area contributed by atoms with Crippen molar-refractivity contribution < 1.29 is 22.3 Å². The second-order valence-electron chi connectivity index (χ2n) is 3.98. The van der Waals surface area contributed by atoms with Crippen LogP contribution in [0.5, 0.6) is 0 Å². The van der Waals surface area contributed by atoms with Crippen molar-refractivity contribution in [1.82, 2.24) is 0 Å². The molecule has 0 N–H and O–H groups in total. The Labute approximate surface area is 93.7 Å². The van der Waals surface area contributed by atoms with Crippen LogP contribution in [0.2, 0.25) is 0 Å². The van der Waals surface area contributed by atoms with Gasteiger partial charge in [0.05, 0.1) is 0 Å². The fourth-order valence-corrected chi connectivity index (χ4v) is 2.57. The van der Waals surface area contributed by atoms with Gasteiger partial charge < -0.3 is 4.52 Å². The van der Waals surface area contributed by atoms with Gasteiger partial charge in [-0.1, -0.05) is 25.3 Å². The molecule has 0 aliphatic heterocycles. The molecule has 1 rings (SSSR count). The van der Waals surface area contributed by atoms with E-state index < -0.39 is 20.8 Å². The second-order valence-corrected chi connectivity index (χ2v) is 5.24. The Morgan fingerprint density at radius 1 is 1.25 bits per heavy atom. The highest BCUT2D eigenvalue weighted by atomic mass is 31.1. The molecule has 0 aromatic heterocycles. The van der Waals surface area contributed by atoms with Gasteiger partial charge in [-0.3, -0.25) is 4.57 Å². The standard InChI is InChI=1S/C10H16F3O2P/c11-10(12,13)8-15-16(14)7-6-9-4-2-1-3-5-9/h6-7,9,16H,1-5,8H2. The zero-order chi connectivity index (χ0) is 12.0. The molecule has 1 unspecified atom stereocenters. The van der Waals surface area contributed by atoms with E-state index in [0.717, 1.165) is 25.7 Å². The Balaban J connectivity index is 2.24. The summed E-state index contributed by atoms with van der Waals surface area (Å²) < 4.78 is 50.6. The lowest BCUT2D eigenvalue weighted by Gasteiger charge is -2.17. The topological polar surface area (TPSA) is 26.3 Å². The first-order valence-electron chi connectivity index (χ1n) is 5.39. The van der Waals surface area contributed by atoms with Gasteiger partial charge in [0.1, 0.15) is 6.61 Å². The molecule has 0 amide bonds. The van der Waals surface area contributed by atoms with Crippen molar-refractivity contribution in [1.29, 1.82) is 0 Å². The highest BCUT2D eigenvalue weighted by molar-refractivity contribution is 7.42. The summed E-state index contributed by atoms with van der Waals surface area (Å²) in [5.74, 6) is 1.66. The van der Waals surface area contributed by atoms with Crippen LogP contribution >= 0.6 is 8.03 Å². The first kappa shape index (κ1) is 13.8. The lowest BCUT2D eigenvalue weighted by molar-refractivity contribution is -0.152. The predicted octanol–water partition coefficient (Wildman–Crippen LogP) is 4.13. The molecule has 94 valence electrons. The third kappa shape index (κ3) is 6.33. The van der Waals surface area contributed by atoms with Crippen LogP contribution < -0.4 is 0 Å². The molecule has 16 heavy (non-hydrogen) atoms. The van der Waals surface area contributed by atoms with Crippen molar-refractivity contribution in [3.63, 3.8) is 0 Å². The van der Waals surface area contributed by atoms with Crippen LogP contribution in [0, 0.1) is 5.92 Å². The smallest absolute Gasteiger partial charge is 0.318 e. The summed E-state index contributed by atoms with van der Waals surface area (Å²) >= 11 is 0. The van der Waals surface area contributed by atoms with Gasteiger partial charge in [0.25, 0.3) is 0 Å². The van der Waals surface area contributed by atoms with E-state index in [4.69, 9.17) is 0 Å². The van der Waals surface area contributed by atoms with Crippen molar-refractivity contribution >= 4 is 8.03 Å². The van der Waals surface area contributed by atoms with E-state index in [2.05, 4.69) is 4.52 Å². The molecule has 0 bridgehead atoms. The van der Waals surface area contributed by atoms with Crippen LogP contribution in [0.1, 0.15) is 32.1 Å². The lowest BCUT2D eigenvalue weighted by atomic mass is 9.90. The molecule has 6 heteroatoms. The fourth-order valence-electron chi connectivity index (χ4n) is 1.74. The lowest BCUT2D eigenvalue weighted by Crippen LogP contribution is -2.14. The summed E-state index contributed by atoms with van der Waals surface area (Å²) in [6.07, 6.45) is 2.90.